The first-order valence-corrected chi connectivity index (χ1v) is 14.1. The van der Waals surface area contributed by atoms with Gasteiger partial charge < -0.3 is 19.3 Å². The SMILES string of the molecule is COc1cccc2c1nc(C(F)F)n2-c1nc(N2CCOCC2)nc(N(C)C2CCN(S(C)(=O)=O)CC2)n1. The van der Waals surface area contributed by atoms with Crippen molar-refractivity contribution in [2.45, 2.75) is 25.3 Å². The van der Waals surface area contributed by atoms with Crippen LogP contribution in [0.15, 0.2) is 18.2 Å². The van der Waals surface area contributed by atoms with Crippen LogP contribution >= 0.6 is 0 Å². The van der Waals surface area contributed by atoms with E-state index in [9.17, 15) is 17.2 Å². The third kappa shape index (κ3) is 5.09. The van der Waals surface area contributed by atoms with Crippen LogP contribution in [0, 0.1) is 0 Å². The van der Waals surface area contributed by atoms with E-state index < -0.39 is 22.3 Å². The number of hydrogen-bond acceptors (Lipinski definition) is 10. The molecule has 0 saturated carbocycles. The lowest BCUT2D eigenvalue weighted by Crippen LogP contribution is -2.46. The number of para-hydroxylation sites is 1. The van der Waals surface area contributed by atoms with Crippen molar-refractivity contribution in [3.8, 4) is 11.7 Å². The lowest BCUT2D eigenvalue weighted by molar-refractivity contribution is 0.122. The molecule has 0 aliphatic carbocycles. The van der Waals surface area contributed by atoms with Gasteiger partial charge in [0.25, 0.3) is 6.43 Å². The van der Waals surface area contributed by atoms with Gasteiger partial charge in [-0.15, -0.1) is 0 Å². The number of aromatic nitrogens is 5. The van der Waals surface area contributed by atoms with Crippen LogP contribution in [0.25, 0.3) is 17.0 Å². The maximum Gasteiger partial charge on any atom is 0.296 e. The minimum atomic E-state index is -3.27. The minimum absolute atomic E-state index is 0.0166. The second-order valence-corrected chi connectivity index (χ2v) is 11.3. The molecule has 0 spiro atoms. The Kier molecular flexibility index (Phi) is 7.33. The maximum atomic E-state index is 14.2. The summed E-state index contributed by atoms with van der Waals surface area (Å²) in [6, 6.07) is 4.97. The molecule has 2 saturated heterocycles. The number of nitrogens with zero attached hydrogens (tertiary/aromatic N) is 8. The van der Waals surface area contributed by atoms with Gasteiger partial charge in [0.2, 0.25) is 27.9 Å². The van der Waals surface area contributed by atoms with Crippen molar-refractivity contribution < 1.29 is 26.7 Å². The zero-order chi connectivity index (χ0) is 27.0. The quantitative estimate of drug-likeness (QED) is 0.430. The van der Waals surface area contributed by atoms with E-state index in [0.29, 0.717) is 75.4 Å². The summed E-state index contributed by atoms with van der Waals surface area (Å²) < 4.78 is 65.9. The van der Waals surface area contributed by atoms with Crippen molar-refractivity contribution >= 4 is 33.0 Å². The topological polar surface area (TPSA) is 119 Å². The number of benzene rings is 1. The van der Waals surface area contributed by atoms with Gasteiger partial charge in [0.1, 0.15) is 11.3 Å². The molecular formula is C23H30F2N8O4S. The highest BCUT2D eigenvalue weighted by Crippen LogP contribution is 2.32. The Bertz CT molecular complexity index is 1410. The molecule has 2 aliphatic rings. The Labute approximate surface area is 219 Å². The average Bonchev–Trinajstić information content (AvgIpc) is 3.33. The molecule has 3 aromatic rings. The number of morpholine rings is 1. The van der Waals surface area contributed by atoms with E-state index >= 15 is 0 Å². The van der Waals surface area contributed by atoms with Crippen LogP contribution in [-0.2, 0) is 14.8 Å². The summed E-state index contributed by atoms with van der Waals surface area (Å²) in [6.07, 6.45) is -0.539. The van der Waals surface area contributed by atoms with E-state index in [4.69, 9.17) is 14.5 Å². The van der Waals surface area contributed by atoms with Crippen LogP contribution in [0.3, 0.4) is 0 Å². The van der Waals surface area contributed by atoms with Crippen molar-refractivity contribution in [1.82, 2.24) is 28.8 Å². The monoisotopic (exact) mass is 552 g/mol. The average molecular weight is 553 g/mol. The fourth-order valence-electron chi connectivity index (χ4n) is 4.84. The first-order valence-electron chi connectivity index (χ1n) is 12.3. The fraction of sp³-hybridized carbons (Fsp3) is 0.565. The van der Waals surface area contributed by atoms with Crippen LogP contribution in [-0.4, -0.2) is 103 Å². The van der Waals surface area contributed by atoms with Crippen LogP contribution in [0.2, 0.25) is 0 Å². The lowest BCUT2D eigenvalue weighted by Gasteiger charge is -2.36. The molecule has 2 aliphatic heterocycles. The largest absolute Gasteiger partial charge is 0.494 e. The third-order valence-electron chi connectivity index (χ3n) is 6.94. The predicted molar refractivity (Wildman–Crippen MR) is 137 cm³/mol. The maximum absolute atomic E-state index is 14.2. The molecule has 0 N–H and O–H groups in total. The molecular weight excluding hydrogens is 522 g/mol. The number of rotatable bonds is 7. The van der Waals surface area contributed by atoms with Crippen LogP contribution < -0.4 is 14.5 Å². The molecule has 0 radical (unpaired) electrons. The molecule has 2 aromatic heterocycles. The molecule has 0 unspecified atom stereocenters. The van der Waals surface area contributed by atoms with Crippen LogP contribution in [0.5, 0.6) is 5.75 Å². The molecule has 12 nitrogen and oxygen atoms in total. The zero-order valence-electron chi connectivity index (χ0n) is 21.4. The number of ether oxygens (including phenoxy) is 2. The Hall–Kier alpha value is -3.17. The fourth-order valence-corrected chi connectivity index (χ4v) is 5.72. The first-order chi connectivity index (χ1) is 18.2. The predicted octanol–water partition coefficient (Wildman–Crippen LogP) is 1.85. The summed E-state index contributed by atoms with van der Waals surface area (Å²) >= 11 is 0. The highest BCUT2D eigenvalue weighted by atomic mass is 32.2. The van der Waals surface area contributed by atoms with Gasteiger partial charge in [-0.3, -0.25) is 4.57 Å². The number of alkyl halides is 2. The van der Waals surface area contributed by atoms with E-state index in [0.717, 1.165) is 0 Å². The second-order valence-electron chi connectivity index (χ2n) is 9.27. The van der Waals surface area contributed by atoms with E-state index in [1.165, 1.54) is 22.2 Å². The van der Waals surface area contributed by atoms with Gasteiger partial charge in [-0.25, -0.2) is 26.5 Å². The van der Waals surface area contributed by atoms with Gasteiger partial charge in [0.05, 0.1) is 32.1 Å². The Morgan fingerprint density at radius 2 is 1.74 bits per heavy atom. The smallest absolute Gasteiger partial charge is 0.296 e. The van der Waals surface area contributed by atoms with E-state index in [1.807, 2.05) is 16.8 Å². The van der Waals surface area contributed by atoms with Crippen molar-refractivity contribution in [2.75, 3.05) is 69.6 Å². The summed E-state index contributed by atoms with van der Waals surface area (Å²) in [5.74, 6) is 0.528. The lowest BCUT2D eigenvalue weighted by atomic mass is 10.1. The second kappa shape index (κ2) is 10.5. The molecule has 2 fully saturated rings. The van der Waals surface area contributed by atoms with Gasteiger partial charge in [0.15, 0.2) is 5.82 Å². The molecule has 0 atom stereocenters. The zero-order valence-corrected chi connectivity index (χ0v) is 22.2. The van der Waals surface area contributed by atoms with Crippen molar-refractivity contribution in [3.05, 3.63) is 24.0 Å². The van der Waals surface area contributed by atoms with Gasteiger partial charge in [0, 0.05) is 39.3 Å². The standard InChI is InChI=1S/C23H30F2N8O4S/c1-30(15-7-9-32(10-8-15)38(3,34)35)21-27-22(31-11-13-37-14-12-31)29-23(28-21)33-16-5-4-6-17(36-2)18(16)26-20(33)19(24)25/h4-6,15,19H,7-14H2,1-3H3. The number of hydrogen-bond donors (Lipinski definition) is 0. The molecule has 1 aromatic carbocycles. The normalized spacial score (nSPS) is 17.9. The number of imidazole rings is 1. The van der Waals surface area contributed by atoms with Crippen LogP contribution in [0.1, 0.15) is 25.1 Å². The van der Waals surface area contributed by atoms with E-state index in [2.05, 4.69) is 15.0 Å². The molecule has 15 heteroatoms. The number of sulfonamides is 1. The Balaban J connectivity index is 1.59. The summed E-state index contributed by atoms with van der Waals surface area (Å²) in [5.41, 5.74) is 0.663. The Morgan fingerprint density at radius 1 is 1.05 bits per heavy atom. The number of piperidine rings is 1. The Morgan fingerprint density at radius 3 is 2.37 bits per heavy atom. The molecule has 0 bridgehead atoms. The third-order valence-corrected chi connectivity index (χ3v) is 8.24. The van der Waals surface area contributed by atoms with Crippen molar-refractivity contribution in [1.29, 1.82) is 0 Å². The minimum Gasteiger partial charge on any atom is -0.494 e. The summed E-state index contributed by atoms with van der Waals surface area (Å²) in [7, 11) is 0.00803. The number of anilines is 2. The first kappa shape index (κ1) is 26.4. The molecule has 0 amide bonds. The highest BCUT2D eigenvalue weighted by Gasteiger charge is 2.30. The van der Waals surface area contributed by atoms with E-state index in [-0.39, 0.29) is 17.5 Å². The van der Waals surface area contributed by atoms with Crippen molar-refractivity contribution in [3.63, 3.8) is 0 Å². The van der Waals surface area contributed by atoms with Gasteiger partial charge >= 0.3 is 0 Å². The molecule has 5 rings (SSSR count). The summed E-state index contributed by atoms with van der Waals surface area (Å²) in [6.45, 7) is 2.82. The summed E-state index contributed by atoms with van der Waals surface area (Å²) in [5, 5.41) is 0. The van der Waals surface area contributed by atoms with E-state index in [1.54, 1.807) is 18.2 Å². The van der Waals surface area contributed by atoms with Gasteiger partial charge in [-0.2, -0.15) is 15.0 Å². The van der Waals surface area contributed by atoms with Crippen molar-refractivity contribution in [2.24, 2.45) is 0 Å². The van der Waals surface area contributed by atoms with Crippen LogP contribution in [0.4, 0.5) is 20.7 Å². The highest BCUT2D eigenvalue weighted by molar-refractivity contribution is 7.88. The molecule has 38 heavy (non-hydrogen) atoms. The molecule has 4 heterocycles. The summed E-state index contributed by atoms with van der Waals surface area (Å²) in [4.78, 5) is 21.9. The molecule has 206 valence electrons. The number of fused-ring (bicyclic) bond motifs is 1. The van der Waals surface area contributed by atoms with Gasteiger partial charge in [-0.05, 0) is 25.0 Å². The number of methoxy groups -OCH3 is 1. The van der Waals surface area contributed by atoms with Gasteiger partial charge in [-0.1, -0.05) is 6.07 Å². The number of halogens is 2.